The lowest BCUT2D eigenvalue weighted by molar-refractivity contribution is -0.0697. The third-order valence-corrected chi connectivity index (χ3v) is 8.08. The van der Waals surface area contributed by atoms with Crippen molar-refractivity contribution in [1.29, 1.82) is 0 Å². The summed E-state index contributed by atoms with van der Waals surface area (Å²) in [7, 11) is 3.22. The number of hydrogen-bond donors (Lipinski definition) is 1. The number of amides is 1. The summed E-state index contributed by atoms with van der Waals surface area (Å²) < 4.78 is 10.7. The SMILES string of the molecule is COc1cc(OC)cc(C(=O)NCC23C[C@H]4C[C@@H](C2)CC(c2ccc(C)cc2)(C4)C3)c1. The zero-order valence-corrected chi connectivity index (χ0v) is 18.9. The van der Waals surface area contributed by atoms with E-state index in [2.05, 4.69) is 36.5 Å². The first-order chi connectivity index (χ1) is 14.9. The average molecular weight is 420 g/mol. The summed E-state index contributed by atoms with van der Waals surface area (Å²) in [6.07, 6.45) is 7.69. The van der Waals surface area contributed by atoms with Crippen LogP contribution in [0.3, 0.4) is 0 Å². The fourth-order valence-electron chi connectivity index (χ4n) is 7.21. The molecule has 4 heteroatoms. The first kappa shape index (κ1) is 20.4. The molecule has 0 saturated heterocycles. The predicted molar refractivity (Wildman–Crippen MR) is 122 cm³/mol. The van der Waals surface area contributed by atoms with Gasteiger partial charge in [-0.1, -0.05) is 29.8 Å². The molecular weight excluding hydrogens is 386 g/mol. The minimum Gasteiger partial charge on any atom is -0.497 e. The van der Waals surface area contributed by atoms with E-state index in [0.717, 1.165) is 18.4 Å². The Morgan fingerprint density at radius 1 is 0.968 bits per heavy atom. The molecule has 4 aliphatic carbocycles. The minimum atomic E-state index is -0.0441. The Morgan fingerprint density at radius 2 is 1.58 bits per heavy atom. The third-order valence-electron chi connectivity index (χ3n) is 8.08. The number of aryl methyl sites for hydroxylation is 1. The van der Waals surface area contributed by atoms with E-state index in [1.165, 1.54) is 49.7 Å². The molecule has 0 radical (unpaired) electrons. The Kier molecular flexibility index (Phi) is 4.99. The molecule has 4 fully saturated rings. The molecule has 2 aromatic carbocycles. The lowest BCUT2D eigenvalue weighted by Crippen LogP contribution is -2.57. The second kappa shape index (κ2) is 7.58. The summed E-state index contributed by atoms with van der Waals surface area (Å²) in [5.41, 5.74) is 3.94. The lowest BCUT2D eigenvalue weighted by atomic mass is 9.43. The number of nitrogens with one attached hydrogen (secondary N) is 1. The molecule has 4 atom stereocenters. The zero-order chi connectivity index (χ0) is 21.6. The molecule has 31 heavy (non-hydrogen) atoms. The van der Waals surface area contributed by atoms with Crippen LogP contribution in [0, 0.1) is 24.2 Å². The van der Waals surface area contributed by atoms with Gasteiger partial charge in [0.15, 0.2) is 0 Å². The smallest absolute Gasteiger partial charge is 0.251 e. The molecule has 1 amide bonds. The van der Waals surface area contributed by atoms with E-state index in [0.29, 0.717) is 22.5 Å². The summed E-state index contributed by atoms with van der Waals surface area (Å²) in [4.78, 5) is 13.0. The van der Waals surface area contributed by atoms with Crippen LogP contribution >= 0.6 is 0 Å². The molecule has 2 aromatic rings. The van der Waals surface area contributed by atoms with Gasteiger partial charge >= 0.3 is 0 Å². The number of rotatable bonds is 6. The van der Waals surface area contributed by atoms with Crippen molar-refractivity contribution >= 4 is 5.91 Å². The average Bonchev–Trinajstić information content (AvgIpc) is 2.76. The number of hydrogen-bond acceptors (Lipinski definition) is 3. The van der Waals surface area contributed by atoms with Gasteiger partial charge in [-0.2, -0.15) is 0 Å². The van der Waals surface area contributed by atoms with E-state index in [1.807, 2.05) is 0 Å². The Bertz CT molecular complexity index is 944. The first-order valence-corrected chi connectivity index (χ1v) is 11.5. The summed E-state index contributed by atoms with van der Waals surface area (Å²) in [5, 5.41) is 3.29. The number of ether oxygens (including phenoxy) is 2. The fourth-order valence-corrected chi connectivity index (χ4v) is 7.21. The maximum absolute atomic E-state index is 13.0. The van der Waals surface area contributed by atoms with Crippen LogP contribution in [-0.4, -0.2) is 26.7 Å². The van der Waals surface area contributed by atoms with Gasteiger partial charge in [-0.05, 0) is 85.8 Å². The molecule has 2 unspecified atom stereocenters. The minimum absolute atomic E-state index is 0.0441. The standard InChI is InChI=1S/C27H33NO3/c1-18-4-6-22(7-5-18)27-14-19-8-20(15-27)13-26(12-19,16-27)17-28-25(29)21-9-23(30-2)11-24(10-21)31-3/h4-7,9-11,19-20H,8,12-17H2,1-3H3,(H,28,29)/t19-,20+,26?,27?. The molecule has 0 aromatic heterocycles. The second-order valence-electron chi connectivity index (χ2n) is 10.4. The van der Waals surface area contributed by atoms with Crippen molar-refractivity contribution in [2.24, 2.45) is 17.3 Å². The molecule has 0 spiro atoms. The number of benzene rings is 2. The fraction of sp³-hybridized carbons (Fsp3) is 0.519. The van der Waals surface area contributed by atoms with Crippen molar-refractivity contribution in [1.82, 2.24) is 5.32 Å². The first-order valence-electron chi connectivity index (χ1n) is 11.5. The van der Waals surface area contributed by atoms with Crippen molar-refractivity contribution in [3.05, 3.63) is 59.2 Å². The van der Waals surface area contributed by atoms with Gasteiger partial charge < -0.3 is 14.8 Å². The summed E-state index contributed by atoms with van der Waals surface area (Å²) in [5.74, 6) is 2.81. The molecule has 1 N–H and O–H groups in total. The highest BCUT2D eigenvalue weighted by Gasteiger charge is 2.58. The molecule has 0 heterocycles. The van der Waals surface area contributed by atoms with Crippen LogP contribution in [0.2, 0.25) is 0 Å². The monoisotopic (exact) mass is 419 g/mol. The van der Waals surface area contributed by atoms with E-state index in [-0.39, 0.29) is 11.3 Å². The number of carbonyl (C=O) groups excluding carboxylic acids is 1. The second-order valence-corrected chi connectivity index (χ2v) is 10.4. The van der Waals surface area contributed by atoms with Crippen LogP contribution in [0.4, 0.5) is 0 Å². The largest absolute Gasteiger partial charge is 0.497 e. The van der Waals surface area contributed by atoms with Gasteiger partial charge in [-0.3, -0.25) is 4.79 Å². The highest BCUT2D eigenvalue weighted by molar-refractivity contribution is 5.95. The van der Waals surface area contributed by atoms with Gasteiger partial charge in [-0.15, -0.1) is 0 Å². The van der Waals surface area contributed by atoms with E-state index in [9.17, 15) is 4.79 Å². The van der Waals surface area contributed by atoms with Crippen LogP contribution in [0.15, 0.2) is 42.5 Å². The van der Waals surface area contributed by atoms with E-state index in [4.69, 9.17) is 9.47 Å². The molecule has 4 bridgehead atoms. The van der Waals surface area contributed by atoms with Crippen LogP contribution in [0.25, 0.3) is 0 Å². The highest BCUT2D eigenvalue weighted by Crippen LogP contribution is 2.65. The molecule has 0 aliphatic heterocycles. The molecule has 164 valence electrons. The predicted octanol–water partition coefficient (Wildman–Crippen LogP) is 5.28. The maximum Gasteiger partial charge on any atom is 0.251 e. The Morgan fingerprint density at radius 3 is 2.16 bits per heavy atom. The summed E-state index contributed by atoms with van der Waals surface area (Å²) in [6.45, 7) is 2.92. The van der Waals surface area contributed by atoms with Gasteiger partial charge in [0.25, 0.3) is 5.91 Å². The maximum atomic E-state index is 13.0. The van der Waals surface area contributed by atoms with Crippen LogP contribution in [0.1, 0.15) is 60.0 Å². The summed E-state index contributed by atoms with van der Waals surface area (Å²) in [6, 6.07) is 14.6. The topological polar surface area (TPSA) is 47.6 Å². The van der Waals surface area contributed by atoms with Crippen molar-refractivity contribution in [2.75, 3.05) is 20.8 Å². The number of methoxy groups -OCH3 is 2. The number of carbonyl (C=O) groups is 1. The van der Waals surface area contributed by atoms with E-state index < -0.39 is 0 Å². The molecule has 4 saturated carbocycles. The quantitative estimate of drug-likeness (QED) is 0.693. The Hall–Kier alpha value is -2.49. The highest BCUT2D eigenvalue weighted by atomic mass is 16.5. The van der Waals surface area contributed by atoms with Gasteiger partial charge in [0.2, 0.25) is 0 Å². The van der Waals surface area contributed by atoms with E-state index in [1.54, 1.807) is 32.4 Å². The molecule has 6 rings (SSSR count). The van der Waals surface area contributed by atoms with Crippen LogP contribution < -0.4 is 14.8 Å². The van der Waals surface area contributed by atoms with Crippen molar-refractivity contribution < 1.29 is 14.3 Å². The van der Waals surface area contributed by atoms with Crippen molar-refractivity contribution in [3.8, 4) is 11.5 Å². The van der Waals surface area contributed by atoms with Gasteiger partial charge in [-0.25, -0.2) is 0 Å². The van der Waals surface area contributed by atoms with Crippen molar-refractivity contribution in [2.45, 2.75) is 50.9 Å². The summed E-state index contributed by atoms with van der Waals surface area (Å²) >= 11 is 0. The molecule has 4 aliphatic rings. The zero-order valence-electron chi connectivity index (χ0n) is 18.9. The normalized spacial score (nSPS) is 30.8. The van der Waals surface area contributed by atoms with E-state index >= 15 is 0 Å². The van der Waals surface area contributed by atoms with Gasteiger partial charge in [0.1, 0.15) is 11.5 Å². The Balaban J connectivity index is 1.36. The van der Waals surface area contributed by atoms with Crippen molar-refractivity contribution in [3.63, 3.8) is 0 Å². The van der Waals surface area contributed by atoms with Gasteiger partial charge in [0, 0.05) is 18.2 Å². The molecule has 4 nitrogen and oxygen atoms in total. The van der Waals surface area contributed by atoms with Gasteiger partial charge in [0.05, 0.1) is 14.2 Å². The lowest BCUT2D eigenvalue weighted by Gasteiger charge is -2.62. The Labute approximate surface area is 185 Å². The molecular formula is C27H33NO3. The van der Waals surface area contributed by atoms with Crippen LogP contribution in [0.5, 0.6) is 11.5 Å². The van der Waals surface area contributed by atoms with Crippen LogP contribution in [-0.2, 0) is 5.41 Å². The third kappa shape index (κ3) is 3.71.